The van der Waals surface area contributed by atoms with Crippen molar-refractivity contribution in [2.24, 2.45) is 11.7 Å². The second kappa shape index (κ2) is 7.30. The van der Waals surface area contributed by atoms with Crippen molar-refractivity contribution in [3.63, 3.8) is 0 Å². The Morgan fingerprint density at radius 1 is 1.30 bits per heavy atom. The molecule has 1 aromatic carbocycles. The number of hydrogen-bond acceptors (Lipinski definition) is 5. The van der Waals surface area contributed by atoms with Crippen molar-refractivity contribution < 1.29 is 14.1 Å². The highest BCUT2D eigenvalue weighted by Gasteiger charge is 2.16. The quantitative estimate of drug-likeness (QED) is 0.598. The largest absolute Gasteiger partial charge is 0.369 e. The number of benzene rings is 1. The number of primary amides is 1. The zero-order chi connectivity index (χ0) is 16.8. The molecule has 0 aliphatic rings. The van der Waals surface area contributed by atoms with Gasteiger partial charge in [-0.05, 0) is 30.2 Å². The Hall–Kier alpha value is -3.03. The van der Waals surface area contributed by atoms with Crippen LogP contribution in [-0.2, 0) is 11.2 Å². The van der Waals surface area contributed by atoms with Crippen LogP contribution in [0.15, 0.2) is 42.6 Å². The van der Waals surface area contributed by atoms with Gasteiger partial charge >= 0.3 is 0 Å². The van der Waals surface area contributed by atoms with Crippen LogP contribution in [0.1, 0.15) is 5.56 Å². The maximum absolute atomic E-state index is 12.9. The highest BCUT2D eigenvalue weighted by molar-refractivity contribution is 5.77. The molecule has 3 N–H and O–H groups in total. The van der Waals surface area contributed by atoms with E-state index in [1.54, 1.807) is 12.1 Å². The third-order valence-electron chi connectivity index (χ3n) is 3.29. The molecular weight excluding hydrogens is 303 g/mol. The molecule has 23 heavy (non-hydrogen) atoms. The smallest absolute Gasteiger partial charge is 0.287 e. The van der Waals surface area contributed by atoms with E-state index in [4.69, 9.17) is 5.73 Å². The third kappa shape index (κ3) is 4.73. The molecule has 0 bridgehead atoms. The van der Waals surface area contributed by atoms with Crippen LogP contribution in [0.5, 0.6) is 0 Å². The lowest BCUT2D eigenvalue weighted by atomic mass is 9.98. The highest BCUT2D eigenvalue weighted by Crippen LogP contribution is 2.14. The lowest BCUT2D eigenvalue weighted by Gasteiger charge is -2.14. The lowest BCUT2D eigenvalue weighted by Crippen LogP contribution is -2.31. The Kier molecular flexibility index (Phi) is 5.19. The molecule has 2 rings (SSSR count). The van der Waals surface area contributed by atoms with E-state index in [0.717, 1.165) is 11.8 Å². The Bertz CT molecular complexity index is 689. The SMILES string of the molecule is NC(=O)C(CNc1ccc([N+](=O)[O-])cn1)Cc1ccc(F)cc1. The first kappa shape index (κ1) is 16.3. The van der Waals surface area contributed by atoms with E-state index in [9.17, 15) is 19.3 Å². The standard InChI is InChI=1S/C15H15FN4O3/c16-12-3-1-10(2-4-12)7-11(15(17)21)8-18-14-6-5-13(9-19-14)20(22)23/h1-6,9,11H,7-8H2,(H2,17,21)(H,18,19). The number of carbonyl (C=O) groups is 1. The van der Waals surface area contributed by atoms with E-state index in [-0.39, 0.29) is 18.0 Å². The fourth-order valence-corrected chi connectivity index (χ4v) is 2.00. The normalized spacial score (nSPS) is 11.7. The Labute approximate surface area is 131 Å². The van der Waals surface area contributed by atoms with E-state index < -0.39 is 16.7 Å². The average molecular weight is 318 g/mol. The number of halogens is 1. The van der Waals surface area contributed by atoms with Gasteiger partial charge in [-0.3, -0.25) is 14.9 Å². The number of nitro groups is 1. The minimum absolute atomic E-state index is 0.117. The van der Waals surface area contributed by atoms with Crippen molar-refractivity contribution in [1.82, 2.24) is 4.98 Å². The second-order valence-electron chi connectivity index (χ2n) is 4.97. The minimum atomic E-state index is -0.544. The van der Waals surface area contributed by atoms with Gasteiger partial charge < -0.3 is 11.1 Å². The molecule has 0 fully saturated rings. The third-order valence-corrected chi connectivity index (χ3v) is 3.29. The molecule has 1 unspecified atom stereocenters. The minimum Gasteiger partial charge on any atom is -0.369 e. The van der Waals surface area contributed by atoms with Crippen LogP contribution in [0.3, 0.4) is 0 Å². The summed E-state index contributed by atoms with van der Waals surface area (Å²) in [5, 5.41) is 13.5. The van der Waals surface area contributed by atoms with Crippen LogP contribution < -0.4 is 11.1 Å². The zero-order valence-corrected chi connectivity index (χ0v) is 12.1. The van der Waals surface area contributed by atoms with Crippen LogP contribution in [0.25, 0.3) is 0 Å². The molecule has 1 aromatic heterocycles. The molecule has 0 saturated heterocycles. The number of rotatable bonds is 7. The summed E-state index contributed by atoms with van der Waals surface area (Å²) in [6.45, 7) is 0.220. The molecule has 1 amide bonds. The molecule has 8 heteroatoms. The number of anilines is 1. The molecule has 0 radical (unpaired) electrons. The summed E-state index contributed by atoms with van der Waals surface area (Å²) in [6.07, 6.45) is 1.48. The van der Waals surface area contributed by atoms with Crippen molar-refractivity contribution in [3.8, 4) is 0 Å². The number of carbonyl (C=O) groups excluding carboxylic acids is 1. The number of nitrogens with two attached hydrogens (primary N) is 1. The van der Waals surface area contributed by atoms with Gasteiger partial charge in [0.25, 0.3) is 5.69 Å². The maximum atomic E-state index is 12.9. The topological polar surface area (TPSA) is 111 Å². The summed E-state index contributed by atoms with van der Waals surface area (Å²) >= 11 is 0. The van der Waals surface area contributed by atoms with Crippen molar-refractivity contribution >= 4 is 17.4 Å². The monoisotopic (exact) mass is 318 g/mol. The number of aromatic nitrogens is 1. The van der Waals surface area contributed by atoms with Gasteiger partial charge in [0, 0.05) is 12.6 Å². The molecule has 0 aliphatic carbocycles. The van der Waals surface area contributed by atoms with Gasteiger partial charge in [-0.25, -0.2) is 9.37 Å². The number of nitrogens with zero attached hydrogens (tertiary/aromatic N) is 2. The van der Waals surface area contributed by atoms with Gasteiger partial charge in [-0.15, -0.1) is 0 Å². The molecular formula is C15H15FN4O3. The number of pyridine rings is 1. The number of amides is 1. The van der Waals surface area contributed by atoms with Gasteiger partial charge in [0.05, 0.1) is 10.8 Å². The molecule has 0 spiro atoms. The first-order valence-electron chi connectivity index (χ1n) is 6.84. The van der Waals surface area contributed by atoms with E-state index in [2.05, 4.69) is 10.3 Å². The Balaban J connectivity index is 1.98. The molecule has 120 valence electrons. The molecule has 1 heterocycles. The summed E-state index contributed by atoms with van der Waals surface area (Å²) < 4.78 is 12.9. The number of nitrogens with one attached hydrogen (secondary N) is 1. The van der Waals surface area contributed by atoms with Gasteiger partial charge in [0.15, 0.2) is 0 Å². The predicted molar refractivity (Wildman–Crippen MR) is 82.2 cm³/mol. The maximum Gasteiger partial charge on any atom is 0.287 e. The van der Waals surface area contributed by atoms with E-state index in [0.29, 0.717) is 12.2 Å². The van der Waals surface area contributed by atoms with Gasteiger partial charge in [-0.1, -0.05) is 12.1 Å². The van der Waals surface area contributed by atoms with Crippen LogP contribution in [0, 0.1) is 21.8 Å². The lowest BCUT2D eigenvalue weighted by molar-refractivity contribution is -0.385. The first-order chi connectivity index (χ1) is 11.0. The average Bonchev–Trinajstić information content (AvgIpc) is 2.53. The summed E-state index contributed by atoms with van der Waals surface area (Å²) in [4.78, 5) is 25.4. The van der Waals surface area contributed by atoms with Crippen molar-refractivity contribution in [1.29, 1.82) is 0 Å². The van der Waals surface area contributed by atoms with Gasteiger partial charge in [0.2, 0.25) is 5.91 Å². The fourth-order valence-electron chi connectivity index (χ4n) is 2.00. The van der Waals surface area contributed by atoms with Crippen LogP contribution in [0.4, 0.5) is 15.9 Å². The van der Waals surface area contributed by atoms with Crippen LogP contribution in [0.2, 0.25) is 0 Å². The predicted octanol–water partition coefficient (Wildman–Crippen LogP) is 1.88. The zero-order valence-electron chi connectivity index (χ0n) is 12.1. The summed E-state index contributed by atoms with van der Waals surface area (Å²) in [5.41, 5.74) is 6.05. The molecule has 0 aliphatic heterocycles. The summed E-state index contributed by atoms with van der Waals surface area (Å²) in [7, 11) is 0. The van der Waals surface area contributed by atoms with E-state index in [1.807, 2.05) is 0 Å². The molecule has 2 aromatic rings. The van der Waals surface area contributed by atoms with Crippen LogP contribution in [-0.4, -0.2) is 22.4 Å². The highest BCUT2D eigenvalue weighted by atomic mass is 19.1. The van der Waals surface area contributed by atoms with Crippen molar-refractivity contribution in [2.45, 2.75) is 6.42 Å². The fraction of sp³-hybridized carbons (Fsp3) is 0.200. The van der Waals surface area contributed by atoms with E-state index in [1.165, 1.54) is 24.3 Å². The van der Waals surface area contributed by atoms with Crippen molar-refractivity contribution in [3.05, 3.63) is 64.1 Å². The molecule has 7 nitrogen and oxygen atoms in total. The van der Waals surface area contributed by atoms with Crippen LogP contribution >= 0.6 is 0 Å². The summed E-state index contributed by atoms with van der Waals surface area (Å²) in [6, 6.07) is 8.59. The first-order valence-corrected chi connectivity index (χ1v) is 6.84. The van der Waals surface area contributed by atoms with E-state index >= 15 is 0 Å². The second-order valence-corrected chi connectivity index (χ2v) is 4.97. The van der Waals surface area contributed by atoms with Gasteiger partial charge in [0.1, 0.15) is 17.8 Å². The molecule has 1 atom stereocenters. The van der Waals surface area contributed by atoms with Gasteiger partial charge in [-0.2, -0.15) is 0 Å². The summed E-state index contributed by atoms with van der Waals surface area (Å²) in [5.74, 6) is -0.959. The Morgan fingerprint density at radius 3 is 2.52 bits per heavy atom. The number of hydrogen-bond donors (Lipinski definition) is 2. The molecule has 0 saturated carbocycles. The van der Waals surface area contributed by atoms with Crippen molar-refractivity contribution in [2.75, 3.05) is 11.9 Å². The Morgan fingerprint density at radius 2 is 2.00 bits per heavy atom.